The molecule has 0 saturated heterocycles. The Hall–Kier alpha value is -1.60. The number of carboxylic acids is 1. The van der Waals surface area contributed by atoms with Gasteiger partial charge in [0.1, 0.15) is 4.90 Å². The van der Waals surface area contributed by atoms with Crippen LogP contribution in [0.4, 0.5) is 5.69 Å². The van der Waals surface area contributed by atoms with Crippen molar-refractivity contribution in [2.45, 2.75) is 17.9 Å². The molecule has 0 aliphatic heterocycles. The Morgan fingerprint density at radius 1 is 1.50 bits per heavy atom. The highest BCUT2D eigenvalue weighted by Crippen LogP contribution is 2.26. The number of carbonyl (C=O) groups excluding carboxylic acids is 1. The third-order valence-corrected chi connectivity index (χ3v) is 2.80. The first-order valence-electron chi connectivity index (χ1n) is 4.39. The van der Waals surface area contributed by atoms with Crippen LogP contribution in [0, 0.1) is 10.1 Å². The van der Waals surface area contributed by atoms with Crippen molar-refractivity contribution in [2.24, 2.45) is 0 Å². The molecule has 0 saturated carbocycles. The van der Waals surface area contributed by atoms with Gasteiger partial charge in [0.15, 0.2) is 0 Å². The number of rotatable bonds is 5. The lowest BCUT2D eigenvalue weighted by Gasteiger charge is -2.13. The number of benzene rings is 1. The van der Waals surface area contributed by atoms with Crippen LogP contribution in [-0.2, 0) is 4.79 Å². The number of nitro groups is 1. The third kappa shape index (κ3) is 3.21. The molecule has 1 atom stereocenters. The molecule has 0 amide bonds. The fourth-order valence-corrected chi connectivity index (χ4v) is 1.69. The molecule has 0 fully saturated rings. The van der Waals surface area contributed by atoms with E-state index in [0.29, 0.717) is 4.90 Å². The topological polar surface area (TPSA) is 95.3 Å². The SMILES string of the molecule is C[C@H](NSc1ccccc1[N+](=O)[O-])C(=O)[O-]. The van der Waals surface area contributed by atoms with E-state index in [1.165, 1.54) is 19.1 Å². The molecule has 86 valence electrons. The quantitative estimate of drug-likeness (QED) is 0.453. The van der Waals surface area contributed by atoms with Gasteiger partial charge in [-0.25, -0.2) is 0 Å². The number of hydrogen-bond acceptors (Lipinski definition) is 6. The lowest BCUT2D eigenvalue weighted by Crippen LogP contribution is -2.40. The Morgan fingerprint density at radius 3 is 2.69 bits per heavy atom. The largest absolute Gasteiger partial charge is 0.548 e. The van der Waals surface area contributed by atoms with Gasteiger partial charge in [0.05, 0.1) is 16.9 Å². The lowest BCUT2D eigenvalue weighted by molar-refractivity contribution is -0.387. The molecule has 1 aromatic rings. The van der Waals surface area contributed by atoms with Gasteiger partial charge in [0, 0.05) is 6.07 Å². The minimum absolute atomic E-state index is 0.0643. The molecule has 0 unspecified atom stereocenters. The van der Waals surface area contributed by atoms with Crippen LogP contribution in [0.5, 0.6) is 0 Å². The molecule has 16 heavy (non-hydrogen) atoms. The van der Waals surface area contributed by atoms with E-state index < -0.39 is 16.9 Å². The molecule has 6 nitrogen and oxygen atoms in total. The summed E-state index contributed by atoms with van der Waals surface area (Å²) in [5, 5.41) is 21.1. The van der Waals surface area contributed by atoms with E-state index in [2.05, 4.69) is 4.72 Å². The maximum atomic E-state index is 10.6. The fraction of sp³-hybridized carbons (Fsp3) is 0.222. The van der Waals surface area contributed by atoms with Crippen LogP contribution in [0.1, 0.15) is 6.92 Å². The normalized spacial score (nSPS) is 12.1. The highest BCUT2D eigenvalue weighted by atomic mass is 32.2. The van der Waals surface area contributed by atoms with Crippen molar-refractivity contribution in [2.75, 3.05) is 0 Å². The zero-order valence-electron chi connectivity index (χ0n) is 8.38. The van der Waals surface area contributed by atoms with E-state index in [9.17, 15) is 20.0 Å². The Bertz CT molecular complexity index is 410. The second-order valence-corrected chi connectivity index (χ2v) is 3.87. The molecule has 0 spiro atoms. The van der Waals surface area contributed by atoms with E-state index >= 15 is 0 Å². The zero-order chi connectivity index (χ0) is 12.1. The molecular formula is C9H9N2O4S-. The van der Waals surface area contributed by atoms with Gasteiger partial charge in [-0.05, 0) is 24.9 Å². The van der Waals surface area contributed by atoms with Gasteiger partial charge in [-0.2, -0.15) is 0 Å². The molecule has 0 radical (unpaired) electrons. The van der Waals surface area contributed by atoms with Gasteiger partial charge in [0.25, 0.3) is 5.69 Å². The number of nitrogens with zero attached hydrogens (tertiary/aromatic N) is 1. The Kier molecular flexibility index (Phi) is 4.27. The second kappa shape index (κ2) is 5.47. The number of aliphatic carboxylic acids is 1. The summed E-state index contributed by atoms with van der Waals surface area (Å²) in [4.78, 5) is 20.9. The lowest BCUT2D eigenvalue weighted by atomic mass is 10.3. The van der Waals surface area contributed by atoms with E-state index in [1.807, 2.05) is 0 Å². The first-order chi connectivity index (χ1) is 7.52. The van der Waals surface area contributed by atoms with Crippen molar-refractivity contribution in [3.8, 4) is 0 Å². The number of nitro benzene ring substituents is 1. The van der Waals surface area contributed by atoms with Crippen LogP contribution in [0.25, 0.3) is 0 Å². The predicted octanol–water partition coefficient (Wildman–Crippen LogP) is 0.330. The Labute approximate surface area is 95.9 Å². The first-order valence-corrected chi connectivity index (χ1v) is 5.20. The van der Waals surface area contributed by atoms with Gasteiger partial charge in [-0.1, -0.05) is 12.1 Å². The Balaban J connectivity index is 2.74. The fourth-order valence-electron chi connectivity index (χ4n) is 0.894. The van der Waals surface area contributed by atoms with Crippen LogP contribution < -0.4 is 9.83 Å². The summed E-state index contributed by atoms with van der Waals surface area (Å²) in [7, 11) is 0. The molecule has 0 heterocycles. The van der Waals surface area contributed by atoms with Crippen molar-refractivity contribution < 1.29 is 14.8 Å². The maximum absolute atomic E-state index is 10.6. The summed E-state index contributed by atoms with van der Waals surface area (Å²) < 4.78 is 2.54. The zero-order valence-corrected chi connectivity index (χ0v) is 9.19. The Morgan fingerprint density at radius 2 is 2.12 bits per heavy atom. The van der Waals surface area contributed by atoms with Crippen LogP contribution >= 0.6 is 11.9 Å². The summed E-state index contributed by atoms with van der Waals surface area (Å²) in [5.74, 6) is -1.26. The van der Waals surface area contributed by atoms with Gasteiger partial charge < -0.3 is 9.90 Å². The highest BCUT2D eigenvalue weighted by Gasteiger charge is 2.13. The molecule has 0 aromatic heterocycles. The van der Waals surface area contributed by atoms with Crippen LogP contribution in [-0.4, -0.2) is 16.9 Å². The predicted molar refractivity (Wildman–Crippen MR) is 56.6 cm³/mol. The summed E-state index contributed by atoms with van der Waals surface area (Å²) in [6, 6.07) is 5.20. The smallest absolute Gasteiger partial charge is 0.284 e. The second-order valence-electron chi connectivity index (χ2n) is 2.99. The van der Waals surface area contributed by atoms with Gasteiger partial charge >= 0.3 is 0 Å². The highest BCUT2D eigenvalue weighted by molar-refractivity contribution is 7.97. The van der Waals surface area contributed by atoms with Gasteiger partial charge in [-0.3, -0.25) is 14.8 Å². The average molecular weight is 241 g/mol. The van der Waals surface area contributed by atoms with Crippen molar-refractivity contribution in [1.29, 1.82) is 0 Å². The summed E-state index contributed by atoms with van der Waals surface area (Å²) >= 11 is 0.899. The van der Waals surface area contributed by atoms with E-state index in [-0.39, 0.29) is 5.69 Å². The van der Waals surface area contributed by atoms with E-state index in [0.717, 1.165) is 11.9 Å². The van der Waals surface area contributed by atoms with Crippen LogP contribution in [0.15, 0.2) is 29.2 Å². The van der Waals surface area contributed by atoms with Gasteiger partial charge in [0.2, 0.25) is 0 Å². The number of carboxylic acid groups (broad SMARTS) is 1. The van der Waals surface area contributed by atoms with E-state index in [1.54, 1.807) is 12.1 Å². The molecule has 7 heteroatoms. The van der Waals surface area contributed by atoms with Crippen molar-refractivity contribution in [3.63, 3.8) is 0 Å². The summed E-state index contributed by atoms with van der Waals surface area (Å²) in [5.41, 5.74) is -0.0643. The number of hydrogen-bond donors (Lipinski definition) is 1. The minimum Gasteiger partial charge on any atom is -0.548 e. The van der Waals surface area contributed by atoms with Crippen LogP contribution in [0.3, 0.4) is 0 Å². The first kappa shape index (κ1) is 12.5. The molecule has 1 aromatic carbocycles. The standard InChI is InChI=1S/C9H10N2O4S/c1-6(9(12)13)10-16-8-5-3-2-4-7(8)11(14)15/h2-6,10H,1H3,(H,12,13)/p-1/t6-/m0/s1. The third-order valence-electron chi connectivity index (χ3n) is 1.76. The number of nitrogens with one attached hydrogen (secondary N) is 1. The number of carbonyl (C=O) groups is 1. The molecule has 0 aliphatic carbocycles. The monoisotopic (exact) mass is 241 g/mol. The minimum atomic E-state index is -1.26. The number of para-hydroxylation sites is 1. The summed E-state index contributed by atoms with van der Waals surface area (Å²) in [6.45, 7) is 1.40. The van der Waals surface area contributed by atoms with Gasteiger partial charge in [-0.15, -0.1) is 0 Å². The molecular weight excluding hydrogens is 232 g/mol. The van der Waals surface area contributed by atoms with Crippen LogP contribution in [0.2, 0.25) is 0 Å². The van der Waals surface area contributed by atoms with E-state index in [4.69, 9.17) is 0 Å². The molecule has 1 rings (SSSR count). The summed E-state index contributed by atoms with van der Waals surface area (Å²) in [6.07, 6.45) is 0. The van der Waals surface area contributed by atoms with Crippen molar-refractivity contribution in [1.82, 2.24) is 4.72 Å². The van der Waals surface area contributed by atoms with Crippen molar-refractivity contribution >= 4 is 23.6 Å². The van der Waals surface area contributed by atoms with Crippen molar-refractivity contribution in [3.05, 3.63) is 34.4 Å². The molecule has 0 aliphatic rings. The molecule has 1 N–H and O–H groups in total. The molecule has 0 bridgehead atoms. The maximum Gasteiger partial charge on any atom is 0.284 e. The average Bonchev–Trinajstić information content (AvgIpc) is 2.25.